The smallest absolute Gasteiger partial charge is 0.164 e. The van der Waals surface area contributed by atoms with E-state index in [2.05, 4.69) is 20.8 Å². The largest absolute Gasteiger partial charge is 0.390 e. The quantitative estimate of drug-likeness (QED) is 0.447. The molecule has 4 N–H and O–H groups in total. The van der Waals surface area contributed by atoms with Crippen molar-refractivity contribution in [3.05, 3.63) is 11.6 Å². The second-order valence-corrected chi connectivity index (χ2v) is 14.7. The number of hydrogen-bond donors (Lipinski definition) is 4. The Hall–Kier alpha value is -0.830. The first-order valence-corrected chi connectivity index (χ1v) is 14.3. The molecule has 0 aromatic carbocycles. The first kappa shape index (κ1) is 27.7. The molecule has 4 aliphatic carbocycles. The van der Waals surface area contributed by atoms with Crippen molar-refractivity contribution in [1.29, 1.82) is 0 Å². The first-order chi connectivity index (χ1) is 16.9. The van der Waals surface area contributed by atoms with Crippen LogP contribution >= 0.6 is 0 Å². The van der Waals surface area contributed by atoms with Crippen LogP contribution in [0, 0.1) is 28.6 Å². The molecule has 5 rings (SSSR count). The standard InChI is InChI=1S/C30H48O7/c1-25(2,34)11-10-24-29(7,37-26(3,4)36-24)23-9-13-30(35)18-14-20(31)19-15-21(32)22(33)16-27(19,5)17(18)8-12-28(23,30)6/h14,17,19,21-24,32-35H,8-13,15-16H2,1-7H3/t17-,19-,21+,22-,23-,24+,27-,28-,29+,30+/m0/s1. The van der Waals surface area contributed by atoms with E-state index >= 15 is 0 Å². The van der Waals surface area contributed by atoms with Crippen molar-refractivity contribution in [1.82, 2.24) is 0 Å². The number of carbonyl (C=O) groups is 1. The zero-order valence-corrected chi connectivity index (χ0v) is 23.7. The van der Waals surface area contributed by atoms with Crippen LogP contribution in [0.3, 0.4) is 0 Å². The molecular formula is C30H48O7. The number of carbonyl (C=O) groups excluding carboxylic acids is 1. The van der Waals surface area contributed by atoms with Crippen molar-refractivity contribution in [2.24, 2.45) is 28.6 Å². The molecule has 1 saturated heterocycles. The van der Waals surface area contributed by atoms with Crippen LogP contribution in [-0.2, 0) is 14.3 Å². The van der Waals surface area contributed by atoms with Crippen molar-refractivity contribution < 1.29 is 34.7 Å². The van der Waals surface area contributed by atoms with E-state index in [-0.39, 0.29) is 36.1 Å². The number of fused-ring (bicyclic) bond motifs is 5. The predicted molar refractivity (Wildman–Crippen MR) is 138 cm³/mol. The number of ether oxygens (including phenoxy) is 2. The van der Waals surface area contributed by atoms with Gasteiger partial charge in [-0.2, -0.15) is 0 Å². The van der Waals surface area contributed by atoms with Gasteiger partial charge in [0, 0.05) is 11.3 Å². The average molecular weight is 521 g/mol. The van der Waals surface area contributed by atoms with Gasteiger partial charge in [-0.25, -0.2) is 0 Å². The Morgan fingerprint density at radius 2 is 1.70 bits per heavy atom. The van der Waals surface area contributed by atoms with Gasteiger partial charge < -0.3 is 29.9 Å². The molecule has 7 heteroatoms. The maximum Gasteiger partial charge on any atom is 0.164 e. The van der Waals surface area contributed by atoms with Crippen LogP contribution < -0.4 is 0 Å². The number of allylic oxidation sites excluding steroid dienone is 1. The molecule has 0 unspecified atom stereocenters. The fourth-order valence-electron chi connectivity index (χ4n) is 9.49. The summed E-state index contributed by atoms with van der Waals surface area (Å²) in [5.41, 5.74) is -2.79. The van der Waals surface area contributed by atoms with E-state index in [4.69, 9.17) is 9.47 Å². The molecule has 0 spiro atoms. The van der Waals surface area contributed by atoms with Crippen molar-refractivity contribution >= 4 is 5.78 Å². The number of hydrogen-bond acceptors (Lipinski definition) is 7. The summed E-state index contributed by atoms with van der Waals surface area (Å²) in [6.45, 7) is 13.8. The molecule has 1 aliphatic heterocycles. The average Bonchev–Trinajstić information content (AvgIpc) is 3.17. The molecule has 210 valence electrons. The van der Waals surface area contributed by atoms with Gasteiger partial charge in [-0.3, -0.25) is 4.79 Å². The lowest BCUT2D eigenvalue weighted by molar-refractivity contribution is -0.191. The Morgan fingerprint density at radius 1 is 1.03 bits per heavy atom. The van der Waals surface area contributed by atoms with Crippen molar-refractivity contribution in [3.8, 4) is 0 Å². The van der Waals surface area contributed by atoms with Crippen LogP contribution in [-0.4, -0.2) is 67.1 Å². The highest BCUT2D eigenvalue weighted by Crippen LogP contribution is 2.69. The number of ketones is 1. The number of aliphatic hydroxyl groups excluding tert-OH is 2. The summed E-state index contributed by atoms with van der Waals surface area (Å²) in [6, 6.07) is 0. The molecule has 37 heavy (non-hydrogen) atoms. The molecule has 1 heterocycles. The third-order valence-electron chi connectivity index (χ3n) is 11.4. The molecule has 0 amide bonds. The number of rotatable bonds is 4. The molecular weight excluding hydrogens is 472 g/mol. The summed E-state index contributed by atoms with van der Waals surface area (Å²) in [5, 5.41) is 43.9. The highest BCUT2D eigenvalue weighted by Gasteiger charge is 2.71. The zero-order chi connectivity index (χ0) is 27.4. The van der Waals surface area contributed by atoms with E-state index < -0.39 is 45.6 Å². The summed E-state index contributed by atoms with van der Waals surface area (Å²) in [4.78, 5) is 13.4. The van der Waals surface area contributed by atoms with E-state index in [0.29, 0.717) is 25.7 Å². The molecule has 0 radical (unpaired) electrons. The van der Waals surface area contributed by atoms with Gasteiger partial charge >= 0.3 is 0 Å². The third kappa shape index (κ3) is 4.02. The summed E-state index contributed by atoms with van der Waals surface area (Å²) < 4.78 is 13.1. The topological polar surface area (TPSA) is 116 Å². The van der Waals surface area contributed by atoms with E-state index in [1.54, 1.807) is 6.08 Å². The molecule has 4 fully saturated rings. The summed E-state index contributed by atoms with van der Waals surface area (Å²) in [7, 11) is 0. The van der Waals surface area contributed by atoms with Gasteiger partial charge in [0.1, 0.15) is 0 Å². The van der Waals surface area contributed by atoms with Gasteiger partial charge in [0.2, 0.25) is 0 Å². The fourth-order valence-corrected chi connectivity index (χ4v) is 9.49. The van der Waals surface area contributed by atoms with Crippen LogP contribution in [0.15, 0.2) is 11.6 Å². The lowest BCUT2D eigenvalue weighted by Gasteiger charge is -2.60. The lowest BCUT2D eigenvalue weighted by atomic mass is 9.45. The molecule has 0 aromatic rings. The van der Waals surface area contributed by atoms with Gasteiger partial charge in [-0.05, 0) is 115 Å². The normalized spacial score (nSPS) is 51.3. The highest BCUT2D eigenvalue weighted by atomic mass is 16.8. The van der Waals surface area contributed by atoms with Crippen molar-refractivity contribution in [3.63, 3.8) is 0 Å². The summed E-state index contributed by atoms with van der Waals surface area (Å²) in [5.74, 6) is -1.14. The predicted octanol–water partition coefficient (Wildman–Crippen LogP) is 3.65. The Kier molecular flexibility index (Phi) is 6.25. The van der Waals surface area contributed by atoms with Crippen LogP contribution in [0.25, 0.3) is 0 Å². The third-order valence-corrected chi connectivity index (χ3v) is 11.4. The zero-order valence-electron chi connectivity index (χ0n) is 23.7. The molecule has 0 aromatic heterocycles. The maximum atomic E-state index is 13.4. The highest BCUT2D eigenvalue weighted by molar-refractivity contribution is 5.95. The van der Waals surface area contributed by atoms with E-state index in [1.807, 2.05) is 27.7 Å². The minimum absolute atomic E-state index is 0.000157. The van der Waals surface area contributed by atoms with Gasteiger partial charge in [0.25, 0.3) is 0 Å². The second kappa shape index (κ2) is 8.34. The van der Waals surface area contributed by atoms with Gasteiger partial charge in [-0.15, -0.1) is 0 Å². The minimum Gasteiger partial charge on any atom is -0.390 e. The van der Waals surface area contributed by atoms with Gasteiger partial charge in [-0.1, -0.05) is 13.8 Å². The Labute approximate surface area is 221 Å². The van der Waals surface area contributed by atoms with Crippen molar-refractivity contribution in [2.45, 2.75) is 141 Å². The maximum absolute atomic E-state index is 13.4. The summed E-state index contributed by atoms with van der Waals surface area (Å²) in [6.07, 6.45) is 4.51. The van der Waals surface area contributed by atoms with Crippen LogP contribution in [0.2, 0.25) is 0 Å². The lowest BCUT2D eigenvalue weighted by Crippen LogP contribution is -2.62. The fraction of sp³-hybridized carbons (Fsp3) is 0.900. The monoisotopic (exact) mass is 520 g/mol. The molecule has 10 atom stereocenters. The molecule has 0 bridgehead atoms. The molecule has 5 aliphatic rings. The molecule has 3 saturated carbocycles. The Bertz CT molecular complexity index is 983. The van der Waals surface area contributed by atoms with E-state index in [9.17, 15) is 25.2 Å². The van der Waals surface area contributed by atoms with Crippen LogP contribution in [0.1, 0.15) is 99.8 Å². The number of aliphatic hydroxyl groups is 4. The second-order valence-electron chi connectivity index (χ2n) is 14.7. The first-order valence-electron chi connectivity index (χ1n) is 14.3. The SMILES string of the molecule is CC(C)(O)CC[C@H]1OC(C)(C)O[C@]1(C)[C@H]1CC[C@@]2(O)C3=CC(=O)[C@@H]4C[C@@H](O)[C@@H](O)C[C@@]4(C)[C@H]3CC[C@@]12C. The molecule has 7 nitrogen and oxygen atoms in total. The Morgan fingerprint density at radius 3 is 2.35 bits per heavy atom. The Balaban J connectivity index is 1.51. The summed E-state index contributed by atoms with van der Waals surface area (Å²) >= 11 is 0. The van der Waals surface area contributed by atoms with Gasteiger partial charge in [0.15, 0.2) is 11.6 Å². The van der Waals surface area contributed by atoms with Gasteiger partial charge in [0.05, 0.1) is 35.1 Å². The van der Waals surface area contributed by atoms with Crippen molar-refractivity contribution in [2.75, 3.05) is 0 Å². The van der Waals surface area contributed by atoms with E-state index in [1.165, 1.54) is 0 Å². The minimum atomic E-state index is -1.15. The van der Waals surface area contributed by atoms with E-state index in [0.717, 1.165) is 24.8 Å². The van der Waals surface area contributed by atoms with Crippen LogP contribution in [0.4, 0.5) is 0 Å². The van der Waals surface area contributed by atoms with Crippen LogP contribution in [0.5, 0.6) is 0 Å².